The molecule has 2 aromatic rings. The summed E-state index contributed by atoms with van der Waals surface area (Å²) in [7, 11) is 0. The number of hydrogen-bond acceptors (Lipinski definition) is 3. The fraction of sp³-hybridized carbons (Fsp3) is 0.364. The van der Waals surface area contributed by atoms with Crippen LogP contribution >= 0.6 is 0 Å². The summed E-state index contributed by atoms with van der Waals surface area (Å²) in [4.78, 5) is 25.5. The fourth-order valence-corrected chi connectivity index (χ4v) is 4.24. The number of hydrogen-bond donors (Lipinski definition) is 2. The zero-order valence-corrected chi connectivity index (χ0v) is 15.4. The van der Waals surface area contributed by atoms with E-state index in [0.717, 1.165) is 17.9 Å². The van der Waals surface area contributed by atoms with E-state index in [4.69, 9.17) is 4.42 Å². The van der Waals surface area contributed by atoms with E-state index in [1.54, 1.807) is 36.6 Å². The van der Waals surface area contributed by atoms with E-state index >= 15 is 0 Å². The summed E-state index contributed by atoms with van der Waals surface area (Å²) in [5.74, 6) is 1.26. The van der Waals surface area contributed by atoms with E-state index < -0.39 is 0 Å². The summed E-state index contributed by atoms with van der Waals surface area (Å²) in [6.07, 6.45) is 7.82. The summed E-state index contributed by atoms with van der Waals surface area (Å²) >= 11 is 0. The summed E-state index contributed by atoms with van der Waals surface area (Å²) < 4.78 is 5.33. The number of aryl methyl sites for hydroxylation is 1. The molecule has 5 nitrogen and oxygen atoms in total. The molecule has 2 aliphatic carbocycles. The first kappa shape index (κ1) is 17.6. The van der Waals surface area contributed by atoms with Gasteiger partial charge in [-0.15, -0.1) is 0 Å². The van der Waals surface area contributed by atoms with Gasteiger partial charge in [0.1, 0.15) is 11.5 Å². The lowest BCUT2D eigenvalue weighted by atomic mass is 9.95. The molecule has 2 fully saturated rings. The maximum atomic E-state index is 12.9. The van der Waals surface area contributed by atoms with Crippen molar-refractivity contribution in [2.24, 2.45) is 11.8 Å². The third-order valence-corrected chi connectivity index (χ3v) is 5.69. The van der Waals surface area contributed by atoms with Gasteiger partial charge in [-0.25, -0.2) is 0 Å². The zero-order chi connectivity index (χ0) is 18.8. The molecule has 2 amide bonds. The topological polar surface area (TPSA) is 71.3 Å². The number of carbonyl (C=O) groups excluding carboxylic acids is 2. The van der Waals surface area contributed by atoms with Gasteiger partial charge >= 0.3 is 0 Å². The van der Waals surface area contributed by atoms with Crippen LogP contribution in [0.15, 0.2) is 52.8 Å². The van der Waals surface area contributed by atoms with Gasteiger partial charge in [-0.05, 0) is 62.3 Å². The Hall–Kier alpha value is -2.82. The summed E-state index contributed by atoms with van der Waals surface area (Å²) in [5.41, 5.74) is 1.80. The van der Waals surface area contributed by atoms with Crippen molar-refractivity contribution in [1.29, 1.82) is 0 Å². The molecular weight excluding hydrogens is 340 g/mol. The van der Waals surface area contributed by atoms with Crippen LogP contribution in [0.1, 0.15) is 47.4 Å². The molecule has 2 aliphatic rings. The van der Waals surface area contributed by atoms with Crippen LogP contribution in [0.5, 0.6) is 0 Å². The van der Waals surface area contributed by atoms with Gasteiger partial charge in [-0.1, -0.05) is 24.1 Å². The van der Waals surface area contributed by atoms with Crippen LogP contribution in [-0.4, -0.2) is 17.9 Å². The van der Waals surface area contributed by atoms with Crippen LogP contribution < -0.4 is 10.6 Å². The first-order chi connectivity index (χ1) is 13.1. The fourth-order valence-electron chi connectivity index (χ4n) is 4.24. The Morgan fingerprint density at radius 1 is 1.11 bits per heavy atom. The van der Waals surface area contributed by atoms with Crippen LogP contribution in [0, 0.1) is 18.8 Å². The van der Waals surface area contributed by atoms with Crippen molar-refractivity contribution in [3.05, 3.63) is 65.2 Å². The van der Waals surface area contributed by atoms with Gasteiger partial charge in [-0.2, -0.15) is 0 Å². The Labute approximate surface area is 158 Å². The average molecular weight is 364 g/mol. The Bertz CT molecular complexity index is 852. The van der Waals surface area contributed by atoms with Crippen molar-refractivity contribution in [2.45, 2.75) is 38.6 Å². The lowest BCUT2D eigenvalue weighted by Crippen LogP contribution is -2.42. The molecule has 4 rings (SSSR count). The summed E-state index contributed by atoms with van der Waals surface area (Å²) in [6.45, 7) is 1.96. The Morgan fingerprint density at radius 2 is 1.93 bits per heavy atom. The molecule has 1 heterocycles. The molecule has 0 spiro atoms. The second-order valence-electron chi connectivity index (χ2n) is 7.65. The minimum atomic E-state index is -0.309. The normalized spacial score (nSPS) is 24.0. The summed E-state index contributed by atoms with van der Waals surface area (Å²) in [6, 6.07) is 11.0. The van der Waals surface area contributed by atoms with Gasteiger partial charge in [0, 0.05) is 17.7 Å². The minimum absolute atomic E-state index is 0.201. The monoisotopic (exact) mass is 364 g/mol. The molecule has 2 N–H and O–H groups in total. The Balaban J connectivity index is 1.51. The van der Waals surface area contributed by atoms with Gasteiger partial charge in [0.2, 0.25) is 0 Å². The van der Waals surface area contributed by atoms with Crippen molar-refractivity contribution in [3.63, 3.8) is 0 Å². The summed E-state index contributed by atoms with van der Waals surface area (Å²) in [5, 5.41) is 5.88. The van der Waals surface area contributed by atoms with Gasteiger partial charge in [-0.3, -0.25) is 9.59 Å². The number of fused-ring (bicyclic) bond motifs is 2. The smallest absolute Gasteiger partial charge is 0.268 e. The van der Waals surface area contributed by atoms with E-state index in [9.17, 15) is 9.59 Å². The van der Waals surface area contributed by atoms with Crippen molar-refractivity contribution >= 4 is 17.9 Å². The van der Waals surface area contributed by atoms with Crippen LogP contribution in [0.2, 0.25) is 0 Å². The number of amides is 2. The van der Waals surface area contributed by atoms with Crippen molar-refractivity contribution < 1.29 is 14.0 Å². The van der Waals surface area contributed by atoms with Crippen LogP contribution in [0.25, 0.3) is 6.08 Å². The largest absolute Gasteiger partial charge is 0.465 e. The third kappa shape index (κ3) is 3.97. The Kier molecular flexibility index (Phi) is 4.84. The molecular formula is C22H24N2O3. The van der Waals surface area contributed by atoms with Gasteiger partial charge in [0.25, 0.3) is 11.8 Å². The highest BCUT2D eigenvalue weighted by molar-refractivity contribution is 6.05. The molecule has 3 atom stereocenters. The van der Waals surface area contributed by atoms with E-state index in [0.29, 0.717) is 17.2 Å². The molecule has 2 saturated carbocycles. The lowest BCUT2D eigenvalue weighted by molar-refractivity contribution is -0.118. The molecule has 1 aromatic heterocycles. The van der Waals surface area contributed by atoms with Crippen LogP contribution in [0.3, 0.4) is 0 Å². The molecule has 0 unspecified atom stereocenters. The molecule has 0 radical (unpaired) electrons. The number of benzene rings is 1. The molecule has 1 aromatic carbocycles. The van der Waals surface area contributed by atoms with E-state index in [-0.39, 0.29) is 23.6 Å². The van der Waals surface area contributed by atoms with Crippen molar-refractivity contribution in [2.75, 3.05) is 0 Å². The predicted octanol–water partition coefficient (Wildman–Crippen LogP) is 3.66. The third-order valence-electron chi connectivity index (χ3n) is 5.69. The standard InChI is InChI=1S/C22H24N2O3/c1-14-4-7-16(8-5-14)21(25)24-20(13-18-3-2-10-27-18)22(26)23-19-12-15-6-9-17(19)11-15/h2-5,7-8,10,13,15,17,19H,6,9,11-12H2,1H3,(H,23,26)(H,24,25)/b20-13-/t15-,17-,19-/m0/s1. The maximum absolute atomic E-state index is 12.9. The predicted molar refractivity (Wildman–Crippen MR) is 103 cm³/mol. The zero-order valence-electron chi connectivity index (χ0n) is 15.4. The number of nitrogens with one attached hydrogen (secondary N) is 2. The highest BCUT2D eigenvalue weighted by atomic mass is 16.3. The number of rotatable bonds is 5. The highest BCUT2D eigenvalue weighted by Crippen LogP contribution is 2.44. The maximum Gasteiger partial charge on any atom is 0.268 e. The Morgan fingerprint density at radius 3 is 2.56 bits per heavy atom. The van der Waals surface area contributed by atoms with Crippen LogP contribution in [-0.2, 0) is 4.79 Å². The number of furan rings is 1. The SMILES string of the molecule is Cc1ccc(C(=O)N/C(=C\c2ccco2)C(=O)N[C@H]2C[C@H]3CC[C@H]2C3)cc1. The van der Waals surface area contributed by atoms with E-state index in [1.165, 1.54) is 19.3 Å². The van der Waals surface area contributed by atoms with Crippen molar-refractivity contribution in [3.8, 4) is 0 Å². The molecule has 2 bridgehead atoms. The van der Waals surface area contributed by atoms with Gasteiger partial charge in [0.15, 0.2) is 0 Å². The molecule has 27 heavy (non-hydrogen) atoms. The number of carbonyl (C=O) groups is 2. The lowest BCUT2D eigenvalue weighted by Gasteiger charge is -2.23. The van der Waals surface area contributed by atoms with Gasteiger partial charge in [0.05, 0.1) is 6.26 Å². The van der Waals surface area contributed by atoms with E-state index in [2.05, 4.69) is 10.6 Å². The molecule has 140 valence electrons. The molecule has 0 saturated heterocycles. The minimum Gasteiger partial charge on any atom is -0.465 e. The average Bonchev–Trinajstić information content (AvgIpc) is 3.40. The second-order valence-corrected chi connectivity index (χ2v) is 7.65. The second kappa shape index (κ2) is 7.43. The molecule has 0 aliphatic heterocycles. The highest BCUT2D eigenvalue weighted by Gasteiger charge is 2.40. The van der Waals surface area contributed by atoms with Crippen LogP contribution in [0.4, 0.5) is 0 Å². The van der Waals surface area contributed by atoms with Crippen molar-refractivity contribution in [1.82, 2.24) is 10.6 Å². The molecule has 5 heteroatoms. The first-order valence-electron chi connectivity index (χ1n) is 9.52. The first-order valence-corrected chi connectivity index (χ1v) is 9.52. The van der Waals surface area contributed by atoms with Gasteiger partial charge < -0.3 is 15.1 Å². The van der Waals surface area contributed by atoms with E-state index in [1.807, 2.05) is 19.1 Å². The quantitative estimate of drug-likeness (QED) is 0.796.